The Bertz CT molecular complexity index is 1250. The molecule has 0 bridgehead atoms. The molecule has 11 nitrogen and oxygen atoms in total. The number of nitrogens with zero attached hydrogens (tertiary/aromatic N) is 4. The largest absolute Gasteiger partial charge is 0.397 e. The average Bonchev–Trinajstić information content (AvgIpc) is 3.47. The van der Waals surface area contributed by atoms with Gasteiger partial charge in [-0.2, -0.15) is 0 Å². The van der Waals surface area contributed by atoms with E-state index in [2.05, 4.69) is 25.8 Å². The Balaban J connectivity index is 1.70. The van der Waals surface area contributed by atoms with Crippen LogP contribution in [0.2, 0.25) is 0 Å². The van der Waals surface area contributed by atoms with Crippen molar-refractivity contribution >= 4 is 45.6 Å². The molecular weight excluding hydrogens is 480 g/mol. The summed E-state index contributed by atoms with van der Waals surface area (Å²) in [4.78, 5) is 45.6. The number of hydrogen-bond acceptors (Lipinski definition) is 7. The lowest BCUT2D eigenvalue weighted by molar-refractivity contribution is 0.0944. The molecular formula is C24H34N8O3S. The number of nitrogens with two attached hydrogens (primary N) is 1. The van der Waals surface area contributed by atoms with Gasteiger partial charge in [-0.1, -0.05) is 13.8 Å². The highest BCUT2D eigenvalue weighted by Crippen LogP contribution is 2.30. The molecule has 3 heterocycles. The van der Waals surface area contributed by atoms with Crippen molar-refractivity contribution in [3.05, 3.63) is 46.5 Å². The zero-order valence-electron chi connectivity index (χ0n) is 21.5. The molecule has 0 atom stereocenters. The van der Waals surface area contributed by atoms with E-state index >= 15 is 0 Å². The molecule has 3 amide bonds. The van der Waals surface area contributed by atoms with Crippen LogP contribution in [-0.4, -0.2) is 63.9 Å². The molecule has 194 valence electrons. The molecule has 0 unspecified atom stereocenters. The SMILES string of the molecule is CC(C)c1sc(NC(=O)c2cc(NC(=O)c3cc(N)cn3C)cn2C)nc1C(=O)NCCCN(C)C. The number of nitrogen functional groups attached to an aromatic ring is 1. The highest BCUT2D eigenvalue weighted by atomic mass is 32.1. The summed E-state index contributed by atoms with van der Waals surface area (Å²) in [5.74, 6) is -0.920. The molecule has 12 heteroatoms. The molecule has 0 spiro atoms. The van der Waals surface area contributed by atoms with Gasteiger partial charge in [0.05, 0.1) is 11.4 Å². The van der Waals surface area contributed by atoms with E-state index in [1.54, 1.807) is 47.8 Å². The van der Waals surface area contributed by atoms with Crippen LogP contribution in [0.3, 0.4) is 0 Å². The summed E-state index contributed by atoms with van der Waals surface area (Å²) < 4.78 is 3.24. The number of nitrogens with one attached hydrogen (secondary N) is 3. The van der Waals surface area contributed by atoms with Gasteiger partial charge in [0.2, 0.25) is 0 Å². The molecule has 0 fully saturated rings. The third-order valence-corrected chi connectivity index (χ3v) is 6.71. The zero-order valence-corrected chi connectivity index (χ0v) is 22.3. The van der Waals surface area contributed by atoms with Gasteiger partial charge in [-0.3, -0.25) is 19.7 Å². The second-order valence-electron chi connectivity index (χ2n) is 9.20. The third kappa shape index (κ3) is 6.52. The number of hydrogen-bond donors (Lipinski definition) is 4. The number of anilines is 3. The second-order valence-corrected chi connectivity index (χ2v) is 10.2. The summed E-state index contributed by atoms with van der Waals surface area (Å²) in [6, 6.07) is 3.16. The van der Waals surface area contributed by atoms with Crippen molar-refractivity contribution in [3.8, 4) is 0 Å². The summed E-state index contributed by atoms with van der Waals surface area (Å²) in [6.45, 7) is 5.37. The monoisotopic (exact) mass is 514 g/mol. The molecule has 0 saturated heterocycles. The van der Waals surface area contributed by atoms with Crippen molar-refractivity contribution in [2.24, 2.45) is 14.1 Å². The Morgan fingerprint density at radius 3 is 2.28 bits per heavy atom. The van der Waals surface area contributed by atoms with Gasteiger partial charge in [0, 0.05) is 37.9 Å². The molecule has 0 aromatic carbocycles. The summed E-state index contributed by atoms with van der Waals surface area (Å²) in [6.07, 6.45) is 4.12. The van der Waals surface area contributed by atoms with Crippen molar-refractivity contribution in [3.63, 3.8) is 0 Å². The van der Waals surface area contributed by atoms with Crippen LogP contribution in [0.15, 0.2) is 24.5 Å². The van der Waals surface area contributed by atoms with Gasteiger partial charge < -0.3 is 30.4 Å². The first-order valence-electron chi connectivity index (χ1n) is 11.6. The van der Waals surface area contributed by atoms with Crippen LogP contribution in [0.5, 0.6) is 0 Å². The normalized spacial score (nSPS) is 11.2. The van der Waals surface area contributed by atoms with E-state index in [0.717, 1.165) is 17.8 Å². The molecule has 0 radical (unpaired) electrons. The molecule has 3 aromatic heterocycles. The minimum atomic E-state index is -0.400. The smallest absolute Gasteiger partial charge is 0.274 e. The molecule has 5 N–H and O–H groups in total. The average molecular weight is 515 g/mol. The number of carbonyl (C=O) groups excluding carboxylic acids is 3. The molecule has 0 aliphatic rings. The molecule has 0 aliphatic heterocycles. The first kappa shape index (κ1) is 27.0. The van der Waals surface area contributed by atoms with Crippen LogP contribution >= 0.6 is 11.3 Å². The first-order chi connectivity index (χ1) is 17.0. The standard InChI is InChI=1S/C24H34N8O3S/c1-14(2)20-19(23(35)26-8-7-9-30(3)4)28-24(36-20)29-22(34)18-11-16(13-32(18)6)27-21(33)17-10-15(25)12-31(17)5/h10-14H,7-9,25H2,1-6H3,(H,26,35)(H,27,33)(H,28,29,34). The van der Waals surface area contributed by atoms with E-state index in [0.29, 0.717) is 40.1 Å². The first-order valence-corrected chi connectivity index (χ1v) is 12.4. The van der Waals surface area contributed by atoms with Gasteiger partial charge in [0.15, 0.2) is 5.13 Å². The Kier molecular flexibility index (Phi) is 8.53. The predicted octanol–water partition coefficient (Wildman–Crippen LogP) is 2.71. The maximum Gasteiger partial charge on any atom is 0.274 e. The van der Waals surface area contributed by atoms with Gasteiger partial charge in [0.25, 0.3) is 17.7 Å². The lowest BCUT2D eigenvalue weighted by Crippen LogP contribution is -2.28. The minimum absolute atomic E-state index is 0.0686. The van der Waals surface area contributed by atoms with Crippen LogP contribution in [0, 0.1) is 0 Å². The number of rotatable bonds is 10. The number of amides is 3. The van der Waals surface area contributed by atoms with Gasteiger partial charge in [-0.25, -0.2) is 4.98 Å². The Labute approximate surface area is 214 Å². The topological polar surface area (TPSA) is 139 Å². The second kappa shape index (κ2) is 11.4. The zero-order chi connectivity index (χ0) is 26.6. The van der Waals surface area contributed by atoms with E-state index in [1.807, 2.05) is 27.9 Å². The lowest BCUT2D eigenvalue weighted by Gasteiger charge is -2.10. The quantitative estimate of drug-likeness (QED) is 0.307. The fourth-order valence-electron chi connectivity index (χ4n) is 3.65. The van der Waals surface area contributed by atoms with E-state index in [4.69, 9.17) is 5.73 Å². The Morgan fingerprint density at radius 1 is 1.03 bits per heavy atom. The van der Waals surface area contributed by atoms with Crippen molar-refractivity contribution in [2.75, 3.05) is 43.6 Å². The van der Waals surface area contributed by atoms with Gasteiger partial charge >= 0.3 is 0 Å². The number of thiazole rings is 1. The molecule has 3 rings (SSSR count). The molecule has 36 heavy (non-hydrogen) atoms. The van der Waals surface area contributed by atoms with Crippen molar-refractivity contribution in [2.45, 2.75) is 26.2 Å². The van der Waals surface area contributed by atoms with Crippen LogP contribution in [0.4, 0.5) is 16.5 Å². The molecule has 0 saturated carbocycles. The Hall–Kier alpha value is -3.64. The van der Waals surface area contributed by atoms with Crippen LogP contribution in [0.25, 0.3) is 0 Å². The number of aryl methyl sites for hydroxylation is 2. The van der Waals surface area contributed by atoms with Crippen LogP contribution < -0.4 is 21.7 Å². The highest BCUT2D eigenvalue weighted by Gasteiger charge is 2.22. The van der Waals surface area contributed by atoms with Crippen molar-refractivity contribution in [1.29, 1.82) is 0 Å². The van der Waals surface area contributed by atoms with Gasteiger partial charge in [0.1, 0.15) is 17.1 Å². The van der Waals surface area contributed by atoms with E-state index in [-0.39, 0.29) is 17.7 Å². The predicted molar refractivity (Wildman–Crippen MR) is 143 cm³/mol. The van der Waals surface area contributed by atoms with Crippen molar-refractivity contribution < 1.29 is 14.4 Å². The van der Waals surface area contributed by atoms with Crippen molar-refractivity contribution in [1.82, 2.24) is 24.3 Å². The summed E-state index contributed by atoms with van der Waals surface area (Å²) in [7, 11) is 7.40. The van der Waals surface area contributed by atoms with Crippen LogP contribution in [0.1, 0.15) is 62.5 Å². The fourth-order valence-corrected chi connectivity index (χ4v) is 4.61. The van der Waals surface area contributed by atoms with E-state index in [9.17, 15) is 14.4 Å². The summed E-state index contributed by atoms with van der Waals surface area (Å²) in [5, 5.41) is 8.82. The summed E-state index contributed by atoms with van der Waals surface area (Å²) >= 11 is 1.28. The lowest BCUT2D eigenvalue weighted by atomic mass is 10.1. The highest BCUT2D eigenvalue weighted by molar-refractivity contribution is 7.16. The fraction of sp³-hybridized carbons (Fsp3) is 0.417. The van der Waals surface area contributed by atoms with E-state index in [1.165, 1.54) is 11.3 Å². The van der Waals surface area contributed by atoms with Gasteiger partial charge in [-0.05, 0) is 45.1 Å². The number of carbonyl (C=O) groups is 3. The van der Waals surface area contributed by atoms with E-state index < -0.39 is 5.91 Å². The number of aromatic nitrogens is 3. The summed E-state index contributed by atoms with van der Waals surface area (Å²) in [5.41, 5.74) is 7.76. The third-order valence-electron chi connectivity index (χ3n) is 5.44. The maximum atomic E-state index is 13.0. The van der Waals surface area contributed by atoms with Gasteiger partial charge in [-0.15, -0.1) is 11.3 Å². The maximum absolute atomic E-state index is 13.0. The minimum Gasteiger partial charge on any atom is -0.397 e. The molecule has 0 aliphatic carbocycles. The van der Waals surface area contributed by atoms with Crippen LogP contribution in [-0.2, 0) is 14.1 Å². The molecule has 3 aromatic rings. The Morgan fingerprint density at radius 2 is 1.67 bits per heavy atom.